The van der Waals surface area contributed by atoms with Crippen molar-refractivity contribution in [2.45, 2.75) is 71.5 Å². The molecule has 0 saturated carbocycles. The van der Waals surface area contributed by atoms with Crippen molar-refractivity contribution >= 4 is 18.0 Å². The fourth-order valence-corrected chi connectivity index (χ4v) is 4.28. The molecule has 9 heteroatoms. The Balaban J connectivity index is 1.69. The van der Waals surface area contributed by atoms with Crippen LogP contribution in [-0.4, -0.2) is 65.4 Å². The highest BCUT2D eigenvalue weighted by Crippen LogP contribution is 2.32. The van der Waals surface area contributed by atoms with Gasteiger partial charge in [0.05, 0.1) is 24.7 Å². The largest absolute Gasteiger partial charge is 0.459 e. The van der Waals surface area contributed by atoms with Gasteiger partial charge in [-0.1, -0.05) is 60.7 Å². The molecule has 0 aromatic heterocycles. The summed E-state index contributed by atoms with van der Waals surface area (Å²) < 4.78 is 17.0. The molecule has 2 amide bonds. The molecular weight excluding hydrogens is 500 g/mol. The molecule has 2 atom stereocenters. The minimum Gasteiger partial charge on any atom is -0.459 e. The molecule has 2 N–H and O–H groups in total. The standard InChI is InChI=1S/C30H40N2O7/c1-22(37-19-23-11-7-5-8-12-23)25(26(34)38-20-24-13-9-6-10-14-24)31-27(35)30(21-33)15-17-32(18-16-30)28(36)39-29(2,3)4/h5-14,22,25,33H,15-21H2,1-4H3,(H,31,35)/t22-,25+/m1/s1. The maximum atomic E-state index is 13.6. The molecule has 2 aromatic rings. The van der Waals surface area contributed by atoms with Crippen molar-refractivity contribution in [3.05, 3.63) is 71.8 Å². The van der Waals surface area contributed by atoms with Gasteiger partial charge in [-0.2, -0.15) is 0 Å². The number of hydrogen-bond acceptors (Lipinski definition) is 7. The van der Waals surface area contributed by atoms with E-state index in [1.165, 1.54) is 4.90 Å². The Morgan fingerprint density at radius 1 is 0.949 bits per heavy atom. The number of aliphatic hydroxyl groups is 1. The van der Waals surface area contributed by atoms with Gasteiger partial charge in [0.15, 0.2) is 6.04 Å². The van der Waals surface area contributed by atoms with Crippen molar-refractivity contribution in [2.75, 3.05) is 19.7 Å². The van der Waals surface area contributed by atoms with Gasteiger partial charge in [0.2, 0.25) is 5.91 Å². The number of rotatable bonds is 10. The summed E-state index contributed by atoms with van der Waals surface area (Å²) in [6, 6.07) is 17.7. The first-order valence-corrected chi connectivity index (χ1v) is 13.3. The average Bonchev–Trinajstić information content (AvgIpc) is 2.93. The second-order valence-corrected chi connectivity index (χ2v) is 11.0. The van der Waals surface area contributed by atoms with Gasteiger partial charge in [0, 0.05) is 13.1 Å². The smallest absolute Gasteiger partial charge is 0.410 e. The molecule has 3 rings (SSSR count). The van der Waals surface area contributed by atoms with E-state index in [2.05, 4.69) is 5.32 Å². The summed E-state index contributed by atoms with van der Waals surface area (Å²) in [7, 11) is 0. The van der Waals surface area contributed by atoms with Crippen LogP contribution in [-0.2, 0) is 37.0 Å². The minimum absolute atomic E-state index is 0.0490. The molecule has 0 aliphatic carbocycles. The summed E-state index contributed by atoms with van der Waals surface area (Å²) in [4.78, 5) is 40.8. The van der Waals surface area contributed by atoms with Crippen LogP contribution in [0.15, 0.2) is 60.7 Å². The van der Waals surface area contributed by atoms with Crippen molar-refractivity contribution in [1.29, 1.82) is 0 Å². The van der Waals surface area contributed by atoms with Gasteiger partial charge in [-0.25, -0.2) is 9.59 Å². The van der Waals surface area contributed by atoms with Crippen LogP contribution >= 0.6 is 0 Å². The number of esters is 1. The molecule has 0 radical (unpaired) electrons. The lowest BCUT2D eigenvalue weighted by atomic mass is 9.78. The number of benzene rings is 2. The number of likely N-dealkylation sites (tertiary alicyclic amines) is 1. The van der Waals surface area contributed by atoms with Crippen LogP contribution in [0.3, 0.4) is 0 Å². The molecular formula is C30H40N2O7. The van der Waals surface area contributed by atoms with E-state index in [4.69, 9.17) is 14.2 Å². The predicted octanol–water partition coefficient (Wildman–Crippen LogP) is 3.83. The Bertz CT molecular complexity index is 1080. The van der Waals surface area contributed by atoms with Gasteiger partial charge < -0.3 is 29.5 Å². The van der Waals surface area contributed by atoms with Crippen LogP contribution < -0.4 is 5.32 Å². The molecule has 1 fully saturated rings. The zero-order chi connectivity index (χ0) is 28.5. The Labute approximate surface area is 230 Å². The monoisotopic (exact) mass is 540 g/mol. The summed E-state index contributed by atoms with van der Waals surface area (Å²) >= 11 is 0. The fourth-order valence-electron chi connectivity index (χ4n) is 4.28. The van der Waals surface area contributed by atoms with Crippen molar-refractivity contribution in [3.63, 3.8) is 0 Å². The number of ether oxygens (including phenoxy) is 3. The van der Waals surface area contributed by atoms with Gasteiger partial charge in [-0.05, 0) is 51.7 Å². The first-order chi connectivity index (χ1) is 18.5. The van der Waals surface area contributed by atoms with Gasteiger partial charge in [0.1, 0.15) is 12.2 Å². The lowest BCUT2D eigenvalue weighted by Crippen LogP contribution is -2.57. The van der Waals surface area contributed by atoms with E-state index in [-0.39, 0.29) is 39.1 Å². The van der Waals surface area contributed by atoms with Gasteiger partial charge in [0.25, 0.3) is 0 Å². The summed E-state index contributed by atoms with van der Waals surface area (Å²) in [6.07, 6.45) is -0.728. The summed E-state index contributed by atoms with van der Waals surface area (Å²) in [5, 5.41) is 13.1. The zero-order valence-electron chi connectivity index (χ0n) is 23.2. The summed E-state index contributed by atoms with van der Waals surface area (Å²) in [6.45, 7) is 7.43. The third-order valence-corrected chi connectivity index (χ3v) is 6.75. The number of aliphatic hydroxyl groups excluding tert-OH is 1. The third kappa shape index (κ3) is 8.80. The highest BCUT2D eigenvalue weighted by atomic mass is 16.6. The second-order valence-electron chi connectivity index (χ2n) is 11.0. The third-order valence-electron chi connectivity index (χ3n) is 6.75. The number of piperidine rings is 1. The topological polar surface area (TPSA) is 114 Å². The summed E-state index contributed by atoms with van der Waals surface area (Å²) in [5.74, 6) is -1.11. The fraction of sp³-hybridized carbons (Fsp3) is 0.500. The Morgan fingerprint density at radius 2 is 1.49 bits per heavy atom. The average molecular weight is 541 g/mol. The minimum atomic E-state index is -1.16. The van der Waals surface area contributed by atoms with E-state index in [1.54, 1.807) is 27.7 Å². The molecule has 1 heterocycles. The molecule has 9 nitrogen and oxygen atoms in total. The van der Waals surface area contributed by atoms with Crippen molar-refractivity contribution < 1.29 is 33.7 Å². The molecule has 212 valence electrons. The number of hydrogen-bond donors (Lipinski definition) is 2. The van der Waals surface area contributed by atoms with Crippen LogP contribution in [0.2, 0.25) is 0 Å². The van der Waals surface area contributed by atoms with Crippen molar-refractivity contribution in [2.24, 2.45) is 5.41 Å². The van der Waals surface area contributed by atoms with Crippen LogP contribution in [0, 0.1) is 5.41 Å². The second kappa shape index (κ2) is 13.6. The van der Waals surface area contributed by atoms with Crippen molar-refractivity contribution in [3.8, 4) is 0 Å². The number of nitrogens with one attached hydrogen (secondary N) is 1. The first kappa shape index (κ1) is 30.1. The zero-order valence-corrected chi connectivity index (χ0v) is 23.2. The SMILES string of the molecule is C[C@@H](OCc1ccccc1)[C@H](NC(=O)C1(CO)CCN(C(=O)OC(C)(C)C)CC1)C(=O)OCc1ccccc1. The van der Waals surface area contributed by atoms with E-state index < -0.39 is 47.7 Å². The maximum absolute atomic E-state index is 13.6. The van der Waals surface area contributed by atoms with Crippen molar-refractivity contribution in [1.82, 2.24) is 10.2 Å². The maximum Gasteiger partial charge on any atom is 0.410 e. The molecule has 1 aliphatic rings. The highest BCUT2D eigenvalue weighted by molar-refractivity contribution is 5.88. The number of nitrogens with zero attached hydrogens (tertiary/aromatic N) is 1. The Hall–Kier alpha value is -3.43. The molecule has 0 unspecified atom stereocenters. The van der Waals surface area contributed by atoms with Gasteiger partial charge >= 0.3 is 12.1 Å². The van der Waals surface area contributed by atoms with E-state index in [0.717, 1.165) is 11.1 Å². The number of amides is 2. The molecule has 0 bridgehead atoms. The molecule has 1 aliphatic heterocycles. The van der Waals surface area contributed by atoms with Crippen LogP contribution in [0.4, 0.5) is 4.79 Å². The molecule has 39 heavy (non-hydrogen) atoms. The van der Waals surface area contributed by atoms with Crippen LogP contribution in [0.1, 0.15) is 51.7 Å². The lowest BCUT2D eigenvalue weighted by molar-refractivity contribution is -0.156. The molecule has 0 spiro atoms. The van der Waals surface area contributed by atoms with E-state index in [0.29, 0.717) is 0 Å². The Morgan fingerprint density at radius 3 is 2.00 bits per heavy atom. The molecule has 1 saturated heterocycles. The van der Waals surface area contributed by atoms with E-state index in [1.807, 2.05) is 60.7 Å². The summed E-state index contributed by atoms with van der Waals surface area (Å²) in [5.41, 5.74) is -0.0534. The van der Waals surface area contributed by atoms with Gasteiger partial charge in [-0.15, -0.1) is 0 Å². The number of carbonyl (C=O) groups is 3. The van der Waals surface area contributed by atoms with E-state index >= 15 is 0 Å². The van der Waals surface area contributed by atoms with E-state index in [9.17, 15) is 19.5 Å². The quantitative estimate of drug-likeness (QED) is 0.440. The van der Waals surface area contributed by atoms with Crippen LogP contribution in [0.5, 0.6) is 0 Å². The number of carbonyl (C=O) groups excluding carboxylic acids is 3. The highest BCUT2D eigenvalue weighted by Gasteiger charge is 2.44. The molecule has 2 aromatic carbocycles. The normalized spacial score (nSPS) is 16.6. The first-order valence-electron chi connectivity index (χ1n) is 13.3. The van der Waals surface area contributed by atoms with Crippen LogP contribution in [0.25, 0.3) is 0 Å². The Kier molecular flexibility index (Phi) is 10.5. The van der Waals surface area contributed by atoms with Gasteiger partial charge in [-0.3, -0.25) is 4.79 Å². The predicted molar refractivity (Wildman–Crippen MR) is 145 cm³/mol. The lowest BCUT2D eigenvalue weighted by Gasteiger charge is -2.40.